The highest BCUT2D eigenvalue weighted by atomic mass is 28.3. The van der Waals surface area contributed by atoms with Crippen LogP contribution in [0, 0.1) is 0 Å². The highest BCUT2D eigenvalue weighted by Gasteiger charge is 2.29. The van der Waals surface area contributed by atoms with E-state index in [2.05, 4.69) is 40.3 Å². The van der Waals surface area contributed by atoms with Crippen LogP contribution in [0.4, 0.5) is 25.8 Å². The third kappa shape index (κ3) is 9.80. The topological polar surface area (TPSA) is 173 Å². The average molecular weight is 653 g/mol. The van der Waals surface area contributed by atoms with Crippen LogP contribution in [0.25, 0.3) is 11.3 Å². The van der Waals surface area contributed by atoms with Crippen LogP contribution < -0.4 is 16.0 Å². The third-order valence-electron chi connectivity index (χ3n) is 7.13. The Bertz CT molecular complexity index is 1540. The SMILES string of the molecule is COC(=O)Nc1ccc2c(c1)NC(=O)CCN(C(=O)O)C[C@H](NC(=O)OCc1ccccc1)c1nc-2cn1COCC[Si](C)(C)C. The van der Waals surface area contributed by atoms with Gasteiger partial charge in [-0.15, -0.1) is 0 Å². The quantitative estimate of drug-likeness (QED) is 0.176. The van der Waals surface area contributed by atoms with Crippen molar-refractivity contribution in [1.82, 2.24) is 19.8 Å². The smallest absolute Gasteiger partial charge is 0.411 e. The summed E-state index contributed by atoms with van der Waals surface area (Å²) in [5, 5.41) is 18.2. The van der Waals surface area contributed by atoms with Gasteiger partial charge in [0.05, 0.1) is 25.0 Å². The minimum atomic E-state index is -1.38. The molecule has 15 heteroatoms. The number of aromatic nitrogens is 2. The number of nitrogens with one attached hydrogen (secondary N) is 3. The van der Waals surface area contributed by atoms with Gasteiger partial charge in [0.25, 0.3) is 0 Å². The Morgan fingerprint density at radius 2 is 1.87 bits per heavy atom. The number of alkyl carbamates (subject to hydrolysis) is 1. The van der Waals surface area contributed by atoms with Gasteiger partial charge in [0, 0.05) is 45.1 Å². The van der Waals surface area contributed by atoms with E-state index in [1.165, 1.54) is 7.11 Å². The van der Waals surface area contributed by atoms with Crippen molar-refractivity contribution in [3.05, 3.63) is 66.1 Å². The number of rotatable bonds is 9. The zero-order valence-electron chi connectivity index (χ0n) is 26.4. The number of carboxylic acid groups (broad SMARTS) is 1. The predicted octanol–water partition coefficient (Wildman–Crippen LogP) is 5.33. The molecule has 1 atom stereocenters. The number of amides is 4. The minimum Gasteiger partial charge on any atom is -0.465 e. The standard InChI is InChI=1S/C31H40N6O8Si/c1-43-29(39)32-22-10-11-23-24(16-22)33-27(38)12-13-36(31(41)42)18-26(35-30(40)45-19-21-8-6-5-7-9-21)28-34-25(23)17-37(28)20-44-14-15-46(2,3)4/h5-11,16-17,26H,12-15,18-20H2,1-4H3,(H,32,39)(H,33,38)(H,35,40)(H,41,42)/t26-/m0/s1. The van der Waals surface area contributed by atoms with Gasteiger partial charge in [0.1, 0.15) is 25.2 Å². The fraction of sp³-hybridized carbons (Fsp3) is 0.387. The number of imidazole rings is 1. The van der Waals surface area contributed by atoms with Crippen molar-refractivity contribution in [2.75, 3.05) is 37.4 Å². The maximum atomic E-state index is 13.1. The summed E-state index contributed by atoms with van der Waals surface area (Å²) in [5.41, 5.74) is 2.44. The van der Waals surface area contributed by atoms with Crippen LogP contribution >= 0.6 is 0 Å². The van der Waals surface area contributed by atoms with Crippen LogP contribution in [-0.2, 0) is 32.3 Å². The van der Waals surface area contributed by atoms with Gasteiger partial charge in [-0.3, -0.25) is 10.1 Å². The Balaban J connectivity index is 1.74. The Morgan fingerprint density at radius 1 is 1.11 bits per heavy atom. The normalized spacial score (nSPS) is 15.0. The first-order valence-corrected chi connectivity index (χ1v) is 18.5. The lowest BCUT2D eigenvalue weighted by atomic mass is 10.1. The zero-order valence-corrected chi connectivity index (χ0v) is 27.4. The van der Waals surface area contributed by atoms with Gasteiger partial charge in [-0.1, -0.05) is 50.0 Å². The lowest BCUT2D eigenvalue weighted by Gasteiger charge is -2.26. The number of ether oxygens (including phenoxy) is 3. The average Bonchev–Trinajstić information content (AvgIpc) is 3.43. The number of benzene rings is 2. The summed E-state index contributed by atoms with van der Waals surface area (Å²) >= 11 is 0. The summed E-state index contributed by atoms with van der Waals surface area (Å²) in [4.78, 5) is 56.1. The molecule has 3 aromatic rings. The summed E-state index contributed by atoms with van der Waals surface area (Å²) in [6.07, 6.45) is -1.18. The molecule has 4 amide bonds. The van der Waals surface area contributed by atoms with Crippen molar-refractivity contribution in [3.63, 3.8) is 0 Å². The van der Waals surface area contributed by atoms with Crippen LogP contribution in [0.3, 0.4) is 0 Å². The molecule has 46 heavy (non-hydrogen) atoms. The Labute approximate surface area is 268 Å². The highest BCUT2D eigenvalue weighted by Crippen LogP contribution is 2.32. The van der Waals surface area contributed by atoms with E-state index in [9.17, 15) is 24.3 Å². The van der Waals surface area contributed by atoms with Gasteiger partial charge in [-0.2, -0.15) is 0 Å². The van der Waals surface area contributed by atoms with E-state index in [4.69, 9.17) is 14.5 Å². The Kier molecular flexibility index (Phi) is 11.4. The largest absolute Gasteiger partial charge is 0.465 e. The summed E-state index contributed by atoms with van der Waals surface area (Å²) in [6, 6.07) is 14.0. The van der Waals surface area contributed by atoms with Gasteiger partial charge in [-0.05, 0) is 29.8 Å². The summed E-state index contributed by atoms with van der Waals surface area (Å²) in [6.45, 7) is 6.98. The van der Waals surface area contributed by atoms with E-state index in [0.717, 1.165) is 16.5 Å². The number of fused-ring (bicyclic) bond motifs is 4. The van der Waals surface area contributed by atoms with Crippen molar-refractivity contribution < 1.29 is 38.5 Å². The van der Waals surface area contributed by atoms with Crippen LogP contribution in [0.1, 0.15) is 23.9 Å². The molecular weight excluding hydrogens is 612 g/mol. The molecule has 14 nitrogen and oxygen atoms in total. The first-order valence-electron chi connectivity index (χ1n) is 14.8. The molecule has 2 bridgehead atoms. The van der Waals surface area contributed by atoms with Crippen molar-refractivity contribution in [3.8, 4) is 11.3 Å². The van der Waals surface area contributed by atoms with E-state index in [-0.39, 0.29) is 32.8 Å². The molecule has 0 saturated heterocycles. The lowest BCUT2D eigenvalue weighted by molar-refractivity contribution is -0.116. The number of hydrogen-bond donors (Lipinski definition) is 4. The predicted molar refractivity (Wildman–Crippen MR) is 173 cm³/mol. The molecule has 2 aromatic carbocycles. The van der Waals surface area contributed by atoms with Gasteiger partial charge in [0.2, 0.25) is 5.91 Å². The highest BCUT2D eigenvalue weighted by molar-refractivity contribution is 6.76. The van der Waals surface area contributed by atoms with E-state index >= 15 is 0 Å². The monoisotopic (exact) mass is 652 g/mol. The van der Waals surface area contributed by atoms with Crippen LogP contribution in [0.2, 0.25) is 25.7 Å². The number of hydrogen-bond acceptors (Lipinski definition) is 8. The fourth-order valence-electron chi connectivity index (χ4n) is 4.63. The molecule has 4 rings (SSSR count). The number of anilines is 2. The Hall–Kier alpha value is -4.89. The summed E-state index contributed by atoms with van der Waals surface area (Å²) in [5.74, 6) is -0.120. The van der Waals surface area contributed by atoms with E-state index in [0.29, 0.717) is 35.1 Å². The molecule has 2 heterocycles. The van der Waals surface area contributed by atoms with Crippen LogP contribution in [0.15, 0.2) is 54.7 Å². The van der Waals surface area contributed by atoms with E-state index in [1.54, 1.807) is 29.0 Å². The van der Waals surface area contributed by atoms with Gasteiger partial charge in [0.15, 0.2) is 0 Å². The summed E-state index contributed by atoms with van der Waals surface area (Å²) < 4.78 is 17.9. The summed E-state index contributed by atoms with van der Waals surface area (Å²) in [7, 11) is -0.146. The zero-order chi connectivity index (χ0) is 33.3. The third-order valence-corrected chi connectivity index (χ3v) is 8.84. The van der Waals surface area contributed by atoms with Crippen molar-refractivity contribution in [2.45, 2.75) is 51.5 Å². The van der Waals surface area contributed by atoms with Gasteiger partial charge in [-0.25, -0.2) is 19.4 Å². The fourth-order valence-corrected chi connectivity index (χ4v) is 5.39. The van der Waals surface area contributed by atoms with Crippen LogP contribution in [-0.4, -0.2) is 78.6 Å². The first kappa shape index (κ1) is 34.0. The second-order valence-corrected chi connectivity index (χ2v) is 17.6. The van der Waals surface area contributed by atoms with Crippen molar-refractivity contribution in [1.29, 1.82) is 0 Å². The maximum absolute atomic E-state index is 13.1. The van der Waals surface area contributed by atoms with Crippen molar-refractivity contribution in [2.24, 2.45) is 0 Å². The molecule has 0 spiro atoms. The second-order valence-electron chi connectivity index (χ2n) is 12.0. The number of carbonyl (C=O) groups is 4. The second kappa shape index (κ2) is 15.4. The van der Waals surface area contributed by atoms with Crippen LogP contribution in [0.5, 0.6) is 0 Å². The molecule has 0 aliphatic carbocycles. The molecule has 0 saturated carbocycles. The van der Waals surface area contributed by atoms with Crippen molar-refractivity contribution >= 4 is 43.6 Å². The van der Waals surface area contributed by atoms with E-state index < -0.39 is 38.3 Å². The Morgan fingerprint density at radius 3 is 2.57 bits per heavy atom. The molecule has 4 N–H and O–H groups in total. The first-order chi connectivity index (χ1) is 21.9. The molecule has 0 fully saturated rings. The lowest BCUT2D eigenvalue weighted by Crippen LogP contribution is -2.42. The molecule has 1 aliphatic rings. The number of nitrogens with zero attached hydrogens (tertiary/aromatic N) is 3. The molecule has 246 valence electrons. The molecular formula is C31H40N6O8Si. The molecule has 1 aromatic heterocycles. The van der Waals surface area contributed by atoms with Gasteiger partial charge >= 0.3 is 18.3 Å². The molecule has 0 unspecified atom stereocenters. The van der Waals surface area contributed by atoms with E-state index in [1.807, 2.05) is 30.3 Å². The maximum Gasteiger partial charge on any atom is 0.411 e. The number of carbonyl (C=O) groups excluding carboxylic acids is 3. The minimum absolute atomic E-state index is 0.0109. The van der Waals surface area contributed by atoms with Gasteiger partial charge < -0.3 is 39.4 Å². The molecule has 0 radical (unpaired) electrons. The number of methoxy groups -OCH3 is 1. The molecule has 1 aliphatic heterocycles.